The monoisotopic (exact) mass is 306 g/mol. The molecule has 1 aromatic rings. The highest BCUT2D eigenvalue weighted by Gasteiger charge is 2.30. The second-order valence-corrected chi connectivity index (χ2v) is 6.56. The summed E-state index contributed by atoms with van der Waals surface area (Å²) in [5, 5.41) is 7.77. The third-order valence-corrected chi connectivity index (χ3v) is 4.83. The van der Waals surface area contributed by atoms with Gasteiger partial charge in [-0.3, -0.25) is 9.48 Å². The lowest BCUT2D eigenvalue weighted by molar-refractivity contribution is 0.0902. The van der Waals surface area contributed by atoms with Crippen molar-refractivity contribution in [2.45, 2.75) is 45.7 Å². The largest absolute Gasteiger partial charge is 0.377 e. The number of fused-ring (bicyclic) bond motifs is 1. The fraction of sp³-hybridized carbons (Fsp3) is 0.750. The predicted molar refractivity (Wildman–Crippen MR) is 85.3 cm³/mol. The summed E-state index contributed by atoms with van der Waals surface area (Å²) in [6.07, 6.45) is 2.19. The third-order valence-electron chi connectivity index (χ3n) is 4.83. The molecule has 3 heterocycles. The zero-order chi connectivity index (χ0) is 15.7. The van der Waals surface area contributed by atoms with Gasteiger partial charge >= 0.3 is 0 Å². The summed E-state index contributed by atoms with van der Waals surface area (Å²) in [6, 6.07) is 2.48. The molecule has 0 unspecified atom stereocenters. The molecule has 0 spiro atoms. The number of nitrogens with one attached hydrogen (secondary N) is 1. The van der Waals surface area contributed by atoms with Crippen LogP contribution >= 0.6 is 0 Å². The predicted octanol–water partition coefficient (Wildman–Crippen LogP) is 1.83. The molecular weight excluding hydrogens is 280 g/mol. The van der Waals surface area contributed by atoms with Crippen molar-refractivity contribution in [3.63, 3.8) is 0 Å². The number of rotatable bonds is 4. The molecule has 1 N–H and O–H groups in total. The highest BCUT2D eigenvalue weighted by Crippen LogP contribution is 2.27. The van der Waals surface area contributed by atoms with E-state index in [0.717, 1.165) is 31.8 Å². The first-order valence-corrected chi connectivity index (χ1v) is 8.32. The van der Waals surface area contributed by atoms with Gasteiger partial charge in [0, 0.05) is 19.2 Å². The highest BCUT2D eigenvalue weighted by molar-refractivity contribution is 5.94. The van der Waals surface area contributed by atoms with E-state index in [-0.39, 0.29) is 11.9 Å². The van der Waals surface area contributed by atoms with Crippen LogP contribution in [0.25, 0.3) is 0 Å². The molecule has 2 aliphatic rings. The lowest BCUT2D eigenvalue weighted by Gasteiger charge is -2.33. The second kappa shape index (κ2) is 6.28. The van der Waals surface area contributed by atoms with Crippen LogP contribution in [0.2, 0.25) is 0 Å². The molecule has 6 heteroatoms. The lowest BCUT2D eigenvalue weighted by atomic mass is 9.98. The topological polar surface area (TPSA) is 59.4 Å². The lowest BCUT2D eigenvalue weighted by Crippen LogP contribution is -2.44. The van der Waals surface area contributed by atoms with E-state index in [2.05, 4.69) is 31.0 Å². The number of carbonyl (C=O) groups is 1. The van der Waals surface area contributed by atoms with Crippen molar-refractivity contribution >= 4 is 11.7 Å². The molecule has 0 aromatic carbocycles. The maximum absolute atomic E-state index is 12.1. The Morgan fingerprint density at radius 2 is 2.36 bits per heavy atom. The van der Waals surface area contributed by atoms with Crippen molar-refractivity contribution in [3.8, 4) is 0 Å². The summed E-state index contributed by atoms with van der Waals surface area (Å²) in [4.78, 5) is 14.4. The van der Waals surface area contributed by atoms with Crippen molar-refractivity contribution < 1.29 is 9.53 Å². The Morgan fingerprint density at radius 1 is 1.55 bits per heavy atom. The fourth-order valence-corrected chi connectivity index (χ4v) is 3.24. The highest BCUT2D eigenvalue weighted by atomic mass is 16.5. The van der Waals surface area contributed by atoms with Gasteiger partial charge in [-0.15, -0.1) is 0 Å². The van der Waals surface area contributed by atoms with E-state index in [1.165, 1.54) is 0 Å². The van der Waals surface area contributed by atoms with Crippen LogP contribution in [0, 0.1) is 5.92 Å². The van der Waals surface area contributed by atoms with Crippen LogP contribution in [0.5, 0.6) is 0 Å². The Balaban J connectivity index is 1.87. The minimum Gasteiger partial charge on any atom is -0.377 e. The van der Waals surface area contributed by atoms with Gasteiger partial charge in [0.2, 0.25) is 0 Å². The van der Waals surface area contributed by atoms with E-state index in [0.29, 0.717) is 30.8 Å². The van der Waals surface area contributed by atoms with Crippen LogP contribution in [-0.4, -0.2) is 48.0 Å². The Bertz CT molecular complexity index is 542. The molecule has 0 saturated carbocycles. The smallest absolute Gasteiger partial charge is 0.269 e. The third kappa shape index (κ3) is 2.84. The molecule has 0 aliphatic carbocycles. The number of hydrogen-bond donors (Lipinski definition) is 1. The van der Waals surface area contributed by atoms with E-state index in [9.17, 15) is 4.79 Å². The summed E-state index contributed by atoms with van der Waals surface area (Å²) in [5.74, 6) is 1.51. The molecule has 1 fully saturated rings. The van der Waals surface area contributed by atoms with Crippen LogP contribution in [0.1, 0.15) is 50.1 Å². The van der Waals surface area contributed by atoms with Crippen LogP contribution in [-0.2, 0) is 4.74 Å². The van der Waals surface area contributed by atoms with E-state index in [1.54, 1.807) is 0 Å². The zero-order valence-corrected chi connectivity index (χ0v) is 13.7. The Hall–Kier alpha value is -1.56. The molecule has 1 amide bonds. The Kier molecular flexibility index (Phi) is 4.38. The number of aromatic nitrogens is 2. The van der Waals surface area contributed by atoms with Crippen molar-refractivity contribution in [3.05, 3.63) is 11.8 Å². The van der Waals surface area contributed by atoms with Crippen molar-refractivity contribution in [1.82, 2.24) is 15.1 Å². The van der Waals surface area contributed by atoms with E-state index >= 15 is 0 Å². The van der Waals surface area contributed by atoms with E-state index in [1.807, 2.05) is 10.7 Å². The number of hydrogen-bond acceptors (Lipinski definition) is 4. The van der Waals surface area contributed by atoms with Gasteiger partial charge in [-0.2, -0.15) is 5.10 Å². The number of nitrogens with zero attached hydrogens (tertiary/aromatic N) is 3. The van der Waals surface area contributed by atoms with Crippen LogP contribution in [0.4, 0.5) is 5.82 Å². The van der Waals surface area contributed by atoms with Gasteiger partial charge in [-0.25, -0.2) is 0 Å². The summed E-state index contributed by atoms with van der Waals surface area (Å²) >= 11 is 0. The van der Waals surface area contributed by atoms with Gasteiger partial charge in [-0.1, -0.05) is 20.3 Å². The standard InChI is InChI=1S/C16H26N4O2/c1-4-11(2)7-13-9-17-16(21)14-8-15(18-20(13)14)19-5-6-22-10-12(19)3/h8,11-13H,4-7,9-10H2,1-3H3,(H,17,21)/t11-,12+,13+/m0/s1. The van der Waals surface area contributed by atoms with Gasteiger partial charge in [0.05, 0.1) is 25.3 Å². The van der Waals surface area contributed by atoms with Gasteiger partial charge in [0.1, 0.15) is 5.69 Å². The first-order valence-electron chi connectivity index (χ1n) is 8.32. The molecule has 2 aliphatic heterocycles. The van der Waals surface area contributed by atoms with Crippen LogP contribution in [0.15, 0.2) is 6.07 Å². The maximum atomic E-state index is 12.1. The molecule has 122 valence electrons. The molecule has 1 saturated heterocycles. The van der Waals surface area contributed by atoms with E-state index in [4.69, 9.17) is 9.84 Å². The molecule has 0 radical (unpaired) electrons. The number of anilines is 1. The minimum absolute atomic E-state index is 0.0138. The molecular formula is C16H26N4O2. The Morgan fingerprint density at radius 3 is 3.09 bits per heavy atom. The van der Waals surface area contributed by atoms with Crippen LogP contribution < -0.4 is 10.2 Å². The second-order valence-electron chi connectivity index (χ2n) is 6.56. The van der Waals surface area contributed by atoms with Crippen molar-refractivity contribution in [2.24, 2.45) is 5.92 Å². The minimum atomic E-state index is -0.0138. The van der Waals surface area contributed by atoms with E-state index < -0.39 is 0 Å². The summed E-state index contributed by atoms with van der Waals surface area (Å²) in [6.45, 7) is 9.53. The fourth-order valence-electron chi connectivity index (χ4n) is 3.24. The van der Waals surface area contributed by atoms with Crippen molar-refractivity contribution in [1.29, 1.82) is 0 Å². The maximum Gasteiger partial charge on any atom is 0.269 e. The first-order chi connectivity index (χ1) is 10.6. The quantitative estimate of drug-likeness (QED) is 0.922. The van der Waals surface area contributed by atoms with Gasteiger partial charge < -0.3 is 15.0 Å². The zero-order valence-electron chi connectivity index (χ0n) is 13.7. The summed E-state index contributed by atoms with van der Waals surface area (Å²) in [7, 11) is 0. The Labute approximate surface area is 131 Å². The number of ether oxygens (including phenoxy) is 1. The van der Waals surface area contributed by atoms with Gasteiger partial charge in [0.25, 0.3) is 5.91 Å². The average molecular weight is 306 g/mol. The molecule has 1 aromatic heterocycles. The summed E-state index contributed by atoms with van der Waals surface area (Å²) < 4.78 is 7.44. The van der Waals surface area contributed by atoms with Crippen LogP contribution in [0.3, 0.4) is 0 Å². The molecule has 6 nitrogen and oxygen atoms in total. The van der Waals surface area contributed by atoms with Gasteiger partial charge in [-0.05, 0) is 19.3 Å². The number of amides is 1. The van der Waals surface area contributed by atoms with Gasteiger partial charge in [0.15, 0.2) is 5.82 Å². The average Bonchev–Trinajstić information content (AvgIpc) is 2.96. The molecule has 22 heavy (non-hydrogen) atoms. The molecule has 3 rings (SSSR count). The normalized spacial score (nSPS) is 26.5. The SMILES string of the molecule is CC[C@H](C)C[C@@H]1CNC(=O)c2cc(N3CCOC[C@H]3C)nn21. The molecule has 3 atom stereocenters. The first kappa shape index (κ1) is 15.3. The number of carbonyl (C=O) groups excluding carboxylic acids is 1. The van der Waals surface area contributed by atoms with Crippen molar-refractivity contribution in [2.75, 3.05) is 31.2 Å². The summed E-state index contributed by atoms with van der Waals surface area (Å²) in [5.41, 5.74) is 0.688. The molecule has 0 bridgehead atoms. The number of morpholine rings is 1.